The van der Waals surface area contributed by atoms with Crippen LogP contribution in [0.2, 0.25) is 0 Å². The molecule has 0 aliphatic rings. The molecule has 10 heteroatoms. The Morgan fingerprint density at radius 1 is 0.969 bits per heavy atom. The number of hydroxylamine groups is 1. The molecule has 0 radical (unpaired) electrons. The third-order valence-corrected chi connectivity index (χ3v) is 4.72. The molecule has 0 bridgehead atoms. The van der Waals surface area contributed by atoms with E-state index in [4.69, 9.17) is 15.1 Å². The number of nitrogens with one attached hydrogen (secondary N) is 2. The van der Waals surface area contributed by atoms with Crippen LogP contribution in [-0.4, -0.2) is 53.3 Å². The van der Waals surface area contributed by atoms with E-state index in [0.29, 0.717) is 11.1 Å². The summed E-state index contributed by atoms with van der Waals surface area (Å²) in [6, 6.07) is 9.87. The highest BCUT2D eigenvalue weighted by atomic mass is 19.3. The minimum Gasteiger partial charge on any atom is -0.478 e. The number of aromatic carboxylic acids is 1. The first-order valence-corrected chi connectivity index (χ1v) is 9.16. The predicted molar refractivity (Wildman–Crippen MR) is 108 cm³/mol. The number of alkyl halides is 2. The number of halogens is 2. The lowest BCUT2D eigenvalue weighted by Crippen LogP contribution is -2.62. The van der Waals surface area contributed by atoms with Gasteiger partial charge in [-0.3, -0.25) is 14.8 Å². The summed E-state index contributed by atoms with van der Waals surface area (Å²) in [5.74, 6) is 2.54. The lowest BCUT2D eigenvalue weighted by molar-refractivity contribution is -0.157. The summed E-state index contributed by atoms with van der Waals surface area (Å²) in [5.41, 5.74) is 0.174. The number of carbonyl (C=O) groups excluding carboxylic acids is 2. The molecular formula is C22H20F2N2O6. The Morgan fingerprint density at radius 3 is 1.81 bits per heavy atom. The van der Waals surface area contributed by atoms with Gasteiger partial charge in [0.1, 0.15) is 6.04 Å². The van der Waals surface area contributed by atoms with Crippen molar-refractivity contribution in [3.8, 4) is 11.8 Å². The highest BCUT2D eigenvalue weighted by Gasteiger charge is 2.48. The Labute approximate surface area is 182 Å². The van der Waals surface area contributed by atoms with Gasteiger partial charge in [0.15, 0.2) is 5.60 Å². The maximum atomic E-state index is 13.4. The normalized spacial score (nSPS) is 13.3. The SMILES string of the molecule is COC(C)(C(F)F)[C@H](NC(=O)c1ccc(C#Cc2ccc(C(=O)O)cc2)cc1)C(=O)NO. The number of rotatable bonds is 7. The highest BCUT2D eigenvalue weighted by molar-refractivity contribution is 5.98. The molecule has 0 aromatic heterocycles. The second-order valence-electron chi connectivity index (χ2n) is 6.78. The Kier molecular flexibility index (Phi) is 8.01. The first-order valence-electron chi connectivity index (χ1n) is 9.16. The average Bonchev–Trinajstić information content (AvgIpc) is 2.80. The van der Waals surface area contributed by atoms with Crippen LogP contribution < -0.4 is 10.8 Å². The molecule has 2 aromatic carbocycles. The lowest BCUT2D eigenvalue weighted by Gasteiger charge is -2.34. The average molecular weight is 446 g/mol. The number of amides is 2. The van der Waals surface area contributed by atoms with Crippen molar-refractivity contribution in [2.24, 2.45) is 0 Å². The molecule has 0 heterocycles. The van der Waals surface area contributed by atoms with E-state index < -0.39 is 35.9 Å². The fourth-order valence-electron chi connectivity index (χ4n) is 2.63. The van der Waals surface area contributed by atoms with E-state index in [0.717, 1.165) is 14.0 Å². The van der Waals surface area contributed by atoms with Gasteiger partial charge in [0.2, 0.25) is 0 Å². The topological polar surface area (TPSA) is 125 Å². The van der Waals surface area contributed by atoms with Crippen LogP contribution in [-0.2, 0) is 9.53 Å². The lowest BCUT2D eigenvalue weighted by atomic mass is 9.95. The largest absolute Gasteiger partial charge is 0.478 e. The van der Waals surface area contributed by atoms with E-state index in [9.17, 15) is 23.2 Å². The van der Waals surface area contributed by atoms with Crippen molar-refractivity contribution in [3.63, 3.8) is 0 Å². The fourth-order valence-corrected chi connectivity index (χ4v) is 2.63. The first-order chi connectivity index (χ1) is 15.1. The smallest absolute Gasteiger partial charge is 0.335 e. The molecule has 2 aromatic rings. The number of hydrogen-bond acceptors (Lipinski definition) is 5. The van der Waals surface area contributed by atoms with E-state index in [2.05, 4.69) is 17.2 Å². The van der Waals surface area contributed by atoms with E-state index in [1.165, 1.54) is 41.9 Å². The molecule has 1 unspecified atom stereocenters. The van der Waals surface area contributed by atoms with E-state index >= 15 is 0 Å². The summed E-state index contributed by atoms with van der Waals surface area (Å²) in [6.07, 6.45) is -3.14. The molecule has 4 N–H and O–H groups in total. The van der Waals surface area contributed by atoms with Gasteiger partial charge in [-0.25, -0.2) is 19.1 Å². The van der Waals surface area contributed by atoms with E-state index in [1.54, 1.807) is 12.1 Å². The number of benzene rings is 2. The van der Waals surface area contributed by atoms with Crippen molar-refractivity contribution in [2.45, 2.75) is 25.0 Å². The van der Waals surface area contributed by atoms with Crippen LogP contribution in [0, 0.1) is 11.8 Å². The van der Waals surface area contributed by atoms with Crippen molar-refractivity contribution in [1.29, 1.82) is 0 Å². The monoisotopic (exact) mass is 446 g/mol. The second-order valence-corrected chi connectivity index (χ2v) is 6.78. The van der Waals surface area contributed by atoms with Crippen molar-refractivity contribution < 1.29 is 38.2 Å². The Hall–Kier alpha value is -3.81. The van der Waals surface area contributed by atoms with Crippen LogP contribution in [0.1, 0.15) is 38.8 Å². The number of ether oxygens (including phenoxy) is 1. The molecule has 2 rings (SSSR count). The maximum Gasteiger partial charge on any atom is 0.335 e. The zero-order chi connectivity index (χ0) is 23.9. The third kappa shape index (κ3) is 5.66. The standard InChI is InChI=1S/C22H20F2N2O6/c1-22(32-2,21(23)24)17(19(28)26-31)25-18(27)15-9-5-13(6-10-15)3-4-14-7-11-16(12-8-14)20(29)30/h5-12,17,21,31H,1-2H3,(H,25,27)(H,26,28)(H,29,30)/t17-,22?/m1/s1. The van der Waals surface area contributed by atoms with Crippen molar-refractivity contribution in [1.82, 2.24) is 10.8 Å². The Morgan fingerprint density at radius 2 is 1.44 bits per heavy atom. The van der Waals surface area contributed by atoms with Crippen molar-refractivity contribution in [3.05, 3.63) is 70.8 Å². The molecule has 168 valence electrons. The molecule has 8 nitrogen and oxygen atoms in total. The molecule has 0 aliphatic heterocycles. The van der Waals surface area contributed by atoms with Gasteiger partial charge < -0.3 is 15.2 Å². The maximum absolute atomic E-state index is 13.4. The number of hydrogen-bond donors (Lipinski definition) is 4. The zero-order valence-electron chi connectivity index (χ0n) is 17.1. The number of carboxylic acid groups (broad SMARTS) is 1. The van der Waals surface area contributed by atoms with Gasteiger partial charge in [-0.1, -0.05) is 11.8 Å². The summed E-state index contributed by atoms with van der Waals surface area (Å²) in [6.45, 7) is 0.930. The van der Waals surface area contributed by atoms with Crippen molar-refractivity contribution in [2.75, 3.05) is 7.11 Å². The van der Waals surface area contributed by atoms with E-state index in [-0.39, 0.29) is 11.1 Å². The Bertz CT molecular complexity index is 1040. The van der Waals surface area contributed by atoms with Gasteiger partial charge in [-0.15, -0.1) is 0 Å². The second kappa shape index (κ2) is 10.5. The minimum absolute atomic E-state index is 0.0600. The van der Waals surface area contributed by atoms with Crippen LogP contribution in [0.15, 0.2) is 48.5 Å². The van der Waals surface area contributed by atoms with Crippen LogP contribution in [0.3, 0.4) is 0 Å². The summed E-state index contributed by atoms with van der Waals surface area (Å²) in [7, 11) is 0.957. The molecule has 0 aliphatic carbocycles. The molecule has 32 heavy (non-hydrogen) atoms. The molecular weight excluding hydrogens is 426 g/mol. The van der Waals surface area contributed by atoms with Gasteiger partial charge >= 0.3 is 5.97 Å². The molecule has 0 saturated carbocycles. The summed E-state index contributed by atoms with van der Waals surface area (Å²) in [4.78, 5) is 35.2. The molecule has 0 fully saturated rings. The summed E-state index contributed by atoms with van der Waals surface area (Å²) < 4.78 is 31.6. The zero-order valence-corrected chi connectivity index (χ0v) is 17.1. The van der Waals surface area contributed by atoms with Gasteiger partial charge in [0, 0.05) is 23.8 Å². The number of carbonyl (C=O) groups is 3. The summed E-state index contributed by atoms with van der Waals surface area (Å²) in [5, 5.41) is 19.9. The molecule has 0 saturated heterocycles. The van der Waals surface area contributed by atoms with Crippen LogP contribution in [0.5, 0.6) is 0 Å². The fraction of sp³-hybridized carbons (Fsp3) is 0.227. The van der Waals surface area contributed by atoms with Gasteiger partial charge in [-0.2, -0.15) is 0 Å². The highest BCUT2D eigenvalue weighted by Crippen LogP contribution is 2.24. The molecule has 2 atom stereocenters. The number of carboxylic acids is 1. The van der Waals surface area contributed by atoms with Gasteiger partial charge in [0.05, 0.1) is 5.56 Å². The van der Waals surface area contributed by atoms with Gasteiger partial charge in [0.25, 0.3) is 18.2 Å². The van der Waals surface area contributed by atoms with Crippen LogP contribution in [0.25, 0.3) is 0 Å². The number of methoxy groups -OCH3 is 1. The van der Waals surface area contributed by atoms with Crippen LogP contribution in [0.4, 0.5) is 8.78 Å². The predicted octanol–water partition coefficient (Wildman–Crippen LogP) is 2.06. The van der Waals surface area contributed by atoms with Gasteiger partial charge in [-0.05, 0) is 55.5 Å². The summed E-state index contributed by atoms with van der Waals surface area (Å²) >= 11 is 0. The minimum atomic E-state index is -3.14. The molecule has 2 amide bonds. The molecule has 0 spiro atoms. The van der Waals surface area contributed by atoms with Crippen molar-refractivity contribution >= 4 is 17.8 Å². The Balaban J connectivity index is 2.17. The third-order valence-electron chi connectivity index (χ3n) is 4.72. The van der Waals surface area contributed by atoms with E-state index in [1.807, 2.05) is 0 Å². The van der Waals surface area contributed by atoms with Crippen LogP contribution >= 0.6 is 0 Å². The first kappa shape index (κ1) is 24.5. The quantitative estimate of drug-likeness (QED) is 0.293.